The third kappa shape index (κ3) is 5.13. The van der Waals surface area contributed by atoms with Gasteiger partial charge in [-0.15, -0.1) is 0 Å². The van der Waals surface area contributed by atoms with Crippen LogP contribution in [0.2, 0.25) is 0 Å². The average Bonchev–Trinajstić information content (AvgIpc) is 3.34. The van der Waals surface area contributed by atoms with Crippen molar-refractivity contribution < 1.29 is 14.1 Å². The number of amides is 2. The zero-order valence-corrected chi connectivity index (χ0v) is 17.5. The first-order valence-electron chi connectivity index (χ1n) is 10.5. The summed E-state index contributed by atoms with van der Waals surface area (Å²) < 4.78 is 5.23. The molecule has 1 aliphatic rings. The van der Waals surface area contributed by atoms with Crippen LogP contribution in [0.4, 0.5) is 5.69 Å². The van der Waals surface area contributed by atoms with Crippen LogP contribution in [0.15, 0.2) is 65.2 Å². The lowest BCUT2D eigenvalue weighted by atomic mass is 10.0. The highest BCUT2D eigenvalue weighted by atomic mass is 16.5. The van der Waals surface area contributed by atoms with Gasteiger partial charge >= 0.3 is 0 Å². The van der Waals surface area contributed by atoms with Crippen molar-refractivity contribution in [2.75, 3.05) is 24.5 Å². The molecule has 0 radical (unpaired) electrons. The Morgan fingerprint density at radius 1 is 1.09 bits per heavy atom. The van der Waals surface area contributed by atoms with Gasteiger partial charge in [0, 0.05) is 36.4 Å². The summed E-state index contributed by atoms with van der Waals surface area (Å²) in [5.41, 5.74) is 2.67. The van der Waals surface area contributed by atoms with Crippen molar-refractivity contribution in [3.63, 3.8) is 0 Å². The van der Waals surface area contributed by atoms with Crippen molar-refractivity contribution in [1.82, 2.24) is 15.8 Å². The molecule has 0 spiro atoms. The molecule has 2 heterocycles. The van der Waals surface area contributed by atoms with Crippen molar-refractivity contribution in [1.29, 1.82) is 5.26 Å². The number of rotatable bonds is 6. The van der Waals surface area contributed by atoms with Crippen LogP contribution in [-0.4, -0.2) is 42.6 Å². The summed E-state index contributed by atoms with van der Waals surface area (Å²) in [7, 11) is 0. The summed E-state index contributed by atoms with van der Waals surface area (Å²) in [6.07, 6.45) is 1.62. The van der Waals surface area contributed by atoms with E-state index in [0.29, 0.717) is 11.3 Å². The summed E-state index contributed by atoms with van der Waals surface area (Å²) in [6.45, 7) is 1.50. The summed E-state index contributed by atoms with van der Waals surface area (Å²) in [5.74, 6) is -0.196. The predicted molar refractivity (Wildman–Crippen MR) is 119 cm³/mol. The van der Waals surface area contributed by atoms with Gasteiger partial charge < -0.3 is 20.1 Å². The van der Waals surface area contributed by atoms with E-state index < -0.39 is 5.91 Å². The number of carbonyl (C=O) groups excluding carboxylic acids is 2. The zero-order chi connectivity index (χ0) is 22.3. The van der Waals surface area contributed by atoms with Crippen LogP contribution < -0.4 is 15.5 Å². The zero-order valence-electron chi connectivity index (χ0n) is 17.5. The number of anilines is 1. The highest BCUT2D eigenvalue weighted by Gasteiger charge is 2.21. The summed E-state index contributed by atoms with van der Waals surface area (Å²) in [4.78, 5) is 26.8. The molecule has 2 aromatic carbocycles. The molecular formula is C24H23N5O3. The molecule has 0 saturated carbocycles. The van der Waals surface area contributed by atoms with Crippen LogP contribution in [0.5, 0.6) is 0 Å². The summed E-state index contributed by atoms with van der Waals surface area (Å²) in [6, 6.07) is 20.6. The van der Waals surface area contributed by atoms with Crippen LogP contribution >= 0.6 is 0 Å². The number of nitrogens with one attached hydrogen (secondary N) is 2. The van der Waals surface area contributed by atoms with Crippen LogP contribution in [0.25, 0.3) is 11.3 Å². The molecule has 0 aliphatic carbocycles. The summed E-state index contributed by atoms with van der Waals surface area (Å²) >= 11 is 0. The average molecular weight is 429 g/mol. The lowest BCUT2D eigenvalue weighted by molar-refractivity contribution is -0.120. The van der Waals surface area contributed by atoms with E-state index in [9.17, 15) is 9.59 Å². The Morgan fingerprint density at radius 2 is 1.81 bits per heavy atom. The SMILES string of the molecule is N#Cc1ccc(N2CCC(NC(=O)CNC(=O)c3cc(-c4ccccc4)on3)CC2)cc1. The van der Waals surface area contributed by atoms with E-state index in [1.807, 2.05) is 54.6 Å². The molecule has 8 heteroatoms. The van der Waals surface area contributed by atoms with Gasteiger partial charge in [-0.25, -0.2) is 0 Å². The molecule has 4 rings (SSSR count). The lowest BCUT2D eigenvalue weighted by Gasteiger charge is -2.34. The number of hydrogen-bond acceptors (Lipinski definition) is 6. The molecule has 3 aromatic rings. The van der Waals surface area contributed by atoms with E-state index in [0.717, 1.165) is 37.2 Å². The maximum Gasteiger partial charge on any atom is 0.273 e. The molecule has 1 aliphatic heterocycles. The van der Waals surface area contributed by atoms with Gasteiger partial charge in [0.05, 0.1) is 18.2 Å². The Morgan fingerprint density at radius 3 is 2.50 bits per heavy atom. The molecule has 0 unspecified atom stereocenters. The fourth-order valence-corrected chi connectivity index (χ4v) is 3.68. The van der Waals surface area contributed by atoms with Gasteiger partial charge in [-0.05, 0) is 37.1 Å². The highest BCUT2D eigenvalue weighted by molar-refractivity contribution is 5.95. The van der Waals surface area contributed by atoms with Crippen molar-refractivity contribution in [2.24, 2.45) is 0 Å². The van der Waals surface area contributed by atoms with Gasteiger partial charge in [-0.3, -0.25) is 9.59 Å². The van der Waals surface area contributed by atoms with E-state index >= 15 is 0 Å². The second-order valence-electron chi connectivity index (χ2n) is 7.61. The van der Waals surface area contributed by atoms with E-state index in [1.54, 1.807) is 6.07 Å². The van der Waals surface area contributed by atoms with E-state index in [4.69, 9.17) is 9.78 Å². The first-order valence-corrected chi connectivity index (χ1v) is 10.5. The first kappa shape index (κ1) is 21.1. The molecule has 2 amide bonds. The molecule has 162 valence electrons. The van der Waals surface area contributed by atoms with Crippen LogP contribution in [0, 0.1) is 11.3 Å². The topological polar surface area (TPSA) is 111 Å². The molecular weight excluding hydrogens is 406 g/mol. The Balaban J connectivity index is 1.21. The molecule has 1 fully saturated rings. The number of aromatic nitrogens is 1. The number of hydrogen-bond donors (Lipinski definition) is 2. The Kier molecular flexibility index (Phi) is 6.46. The predicted octanol–water partition coefficient (Wildman–Crippen LogP) is 2.73. The lowest BCUT2D eigenvalue weighted by Crippen LogP contribution is -2.47. The van der Waals surface area contributed by atoms with Crippen molar-refractivity contribution in [3.05, 3.63) is 71.9 Å². The molecule has 1 aromatic heterocycles. The number of piperidine rings is 1. The van der Waals surface area contributed by atoms with Crippen molar-refractivity contribution in [3.8, 4) is 17.4 Å². The summed E-state index contributed by atoms with van der Waals surface area (Å²) in [5, 5.41) is 18.3. The number of nitrogens with zero attached hydrogens (tertiary/aromatic N) is 3. The quantitative estimate of drug-likeness (QED) is 0.623. The molecule has 0 atom stereocenters. The number of carbonyl (C=O) groups is 2. The maximum absolute atomic E-state index is 12.3. The van der Waals surface area contributed by atoms with Gasteiger partial charge in [-0.2, -0.15) is 5.26 Å². The maximum atomic E-state index is 12.3. The molecule has 1 saturated heterocycles. The molecule has 2 N–H and O–H groups in total. The Bertz CT molecular complexity index is 1110. The molecule has 8 nitrogen and oxygen atoms in total. The van der Waals surface area contributed by atoms with E-state index in [-0.39, 0.29) is 24.2 Å². The van der Waals surface area contributed by atoms with Crippen molar-refractivity contribution in [2.45, 2.75) is 18.9 Å². The number of nitriles is 1. The van der Waals surface area contributed by atoms with Crippen LogP contribution in [0.3, 0.4) is 0 Å². The molecule has 32 heavy (non-hydrogen) atoms. The van der Waals surface area contributed by atoms with Gasteiger partial charge in [0.25, 0.3) is 5.91 Å². The largest absolute Gasteiger partial charge is 0.371 e. The highest BCUT2D eigenvalue weighted by Crippen LogP contribution is 2.21. The smallest absolute Gasteiger partial charge is 0.273 e. The number of benzene rings is 2. The fraction of sp³-hybridized carbons (Fsp3) is 0.250. The third-order valence-corrected chi connectivity index (χ3v) is 5.43. The first-order chi connectivity index (χ1) is 15.6. The van der Waals surface area contributed by atoms with Crippen molar-refractivity contribution >= 4 is 17.5 Å². The van der Waals surface area contributed by atoms with Gasteiger partial charge in [-0.1, -0.05) is 35.5 Å². The standard InChI is InChI=1S/C24H23N5O3/c25-15-17-6-8-20(9-7-17)29-12-10-19(11-13-29)27-23(30)16-26-24(31)21-14-22(32-28-21)18-4-2-1-3-5-18/h1-9,14,19H,10-13,16H2,(H,26,31)(H,27,30). The third-order valence-electron chi connectivity index (χ3n) is 5.43. The van der Waals surface area contributed by atoms with Crippen LogP contribution in [-0.2, 0) is 4.79 Å². The molecule has 0 bridgehead atoms. The minimum atomic E-state index is -0.457. The monoisotopic (exact) mass is 429 g/mol. The van der Waals surface area contributed by atoms with Crippen LogP contribution in [0.1, 0.15) is 28.9 Å². The second kappa shape index (κ2) is 9.79. The Labute approximate surface area is 185 Å². The second-order valence-corrected chi connectivity index (χ2v) is 7.61. The normalized spacial score (nSPS) is 13.9. The minimum absolute atomic E-state index is 0.0609. The van der Waals surface area contributed by atoms with Gasteiger partial charge in [0.1, 0.15) is 0 Å². The van der Waals surface area contributed by atoms with E-state index in [1.165, 1.54) is 0 Å². The van der Waals surface area contributed by atoms with Gasteiger partial charge in [0.2, 0.25) is 5.91 Å². The minimum Gasteiger partial charge on any atom is -0.371 e. The Hall–Kier alpha value is -4.12. The van der Waals surface area contributed by atoms with Gasteiger partial charge in [0.15, 0.2) is 11.5 Å². The fourth-order valence-electron chi connectivity index (χ4n) is 3.68. The van der Waals surface area contributed by atoms with E-state index in [2.05, 4.69) is 26.8 Å².